The molecule has 2 rings (SSSR count). The van der Waals surface area contributed by atoms with E-state index in [1.807, 2.05) is 0 Å². The molecule has 0 spiro atoms. The molecule has 21 heavy (non-hydrogen) atoms. The van der Waals surface area contributed by atoms with E-state index in [4.69, 9.17) is 20.3 Å². The van der Waals surface area contributed by atoms with Crippen LogP contribution in [0.3, 0.4) is 0 Å². The van der Waals surface area contributed by atoms with Gasteiger partial charge in [-0.2, -0.15) is 0 Å². The number of aromatic nitrogens is 3. The van der Waals surface area contributed by atoms with E-state index in [2.05, 4.69) is 10.1 Å². The molecule has 2 heterocycles. The summed E-state index contributed by atoms with van der Waals surface area (Å²) in [5.74, 6) is -1.52. The van der Waals surface area contributed by atoms with Crippen LogP contribution in [0.25, 0.3) is 0 Å². The molecule has 1 aliphatic rings. The molecule has 11 heteroatoms. The second-order valence-electron chi connectivity index (χ2n) is 4.77. The van der Waals surface area contributed by atoms with Gasteiger partial charge in [0.2, 0.25) is 5.82 Å². The number of amides is 1. The summed E-state index contributed by atoms with van der Waals surface area (Å²) in [5, 5.41) is 3.83. The van der Waals surface area contributed by atoms with Crippen LogP contribution in [0.1, 0.15) is 29.7 Å². The predicted octanol–water partition coefficient (Wildman–Crippen LogP) is -0.953. The van der Waals surface area contributed by atoms with Gasteiger partial charge in [0.05, 0.1) is 18.2 Å². The second kappa shape index (κ2) is 6.02. The first-order valence-electron chi connectivity index (χ1n) is 6.16. The van der Waals surface area contributed by atoms with Crippen molar-refractivity contribution in [3.63, 3.8) is 0 Å². The Bertz CT molecular complexity index is 584. The number of carbonyl (C=O) groups excluding carboxylic acids is 2. The third-order valence-electron chi connectivity index (χ3n) is 3.14. The van der Waals surface area contributed by atoms with E-state index in [1.165, 1.54) is 11.0 Å². The van der Waals surface area contributed by atoms with Crippen LogP contribution in [0.15, 0.2) is 6.33 Å². The Morgan fingerprint density at radius 3 is 2.86 bits per heavy atom. The Labute approximate surface area is 119 Å². The highest BCUT2D eigenvalue weighted by atomic mass is 31.2. The fourth-order valence-corrected chi connectivity index (χ4v) is 2.79. The average Bonchev–Trinajstić information content (AvgIpc) is 3.01. The van der Waals surface area contributed by atoms with Crippen molar-refractivity contribution < 1.29 is 28.7 Å². The van der Waals surface area contributed by atoms with Gasteiger partial charge in [-0.25, -0.2) is 9.67 Å². The van der Waals surface area contributed by atoms with Gasteiger partial charge in [-0.3, -0.25) is 9.36 Å². The summed E-state index contributed by atoms with van der Waals surface area (Å²) in [4.78, 5) is 43.4. The quantitative estimate of drug-likeness (QED) is 0.447. The molecule has 0 bridgehead atoms. The van der Waals surface area contributed by atoms with Crippen molar-refractivity contribution in [2.45, 2.75) is 25.2 Å². The van der Waals surface area contributed by atoms with Gasteiger partial charge in [-0.05, 0) is 12.8 Å². The molecular formula is C10H15N4O6P. The first kappa shape index (κ1) is 15.8. The van der Waals surface area contributed by atoms with Gasteiger partial charge in [0.15, 0.2) is 6.23 Å². The zero-order chi connectivity index (χ0) is 15.6. The first-order chi connectivity index (χ1) is 9.80. The van der Waals surface area contributed by atoms with Crippen LogP contribution in [-0.4, -0.2) is 49.0 Å². The molecule has 0 saturated carbocycles. The SMILES string of the molecule is NC(=O)c1ncn([C@@H]2O[C@H](CCP(=O)(O)O)CC2C=O)n1. The van der Waals surface area contributed by atoms with Crippen molar-refractivity contribution in [2.24, 2.45) is 11.7 Å². The zero-order valence-corrected chi connectivity index (χ0v) is 11.8. The van der Waals surface area contributed by atoms with E-state index < -0.39 is 31.8 Å². The minimum absolute atomic E-state index is 0.127. The van der Waals surface area contributed by atoms with E-state index >= 15 is 0 Å². The lowest BCUT2D eigenvalue weighted by atomic mass is 10.0. The van der Waals surface area contributed by atoms with E-state index in [-0.39, 0.29) is 18.4 Å². The molecule has 1 aliphatic heterocycles. The number of nitrogens with two attached hydrogens (primary N) is 1. The van der Waals surface area contributed by atoms with Crippen molar-refractivity contribution in [1.82, 2.24) is 14.8 Å². The zero-order valence-electron chi connectivity index (χ0n) is 10.9. The summed E-state index contributed by atoms with van der Waals surface area (Å²) >= 11 is 0. The maximum Gasteiger partial charge on any atom is 0.325 e. The van der Waals surface area contributed by atoms with Crippen LogP contribution >= 0.6 is 7.60 Å². The Morgan fingerprint density at radius 1 is 1.62 bits per heavy atom. The second-order valence-corrected chi connectivity index (χ2v) is 6.55. The summed E-state index contributed by atoms with van der Waals surface area (Å²) in [5.41, 5.74) is 5.04. The molecule has 1 aromatic heterocycles. The number of ether oxygens (including phenoxy) is 1. The summed E-state index contributed by atoms with van der Waals surface area (Å²) in [7, 11) is -4.11. The third-order valence-corrected chi connectivity index (χ3v) is 3.98. The molecule has 1 aromatic rings. The van der Waals surface area contributed by atoms with E-state index in [0.29, 0.717) is 12.7 Å². The Balaban J connectivity index is 2.06. The maximum atomic E-state index is 11.1. The molecule has 116 valence electrons. The van der Waals surface area contributed by atoms with Crippen molar-refractivity contribution in [1.29, 1.82) is 0 Å². The van der Waals surface area contributed by atoms with Crippen molar-refractivity contribution >= 4 is 19.8 Å². The lowest BCUT2D eigenvalue weighted by Gasteiger charge is -2.15. The summed E-state index contributed by atoms with van der Waals surface area (Å²) in [6.07, 6.45) is 0.812. The van der Waals surface area contributed by atoms with Gasteiger partial charge in [-0.15, -0.1) is 5.10 Å². The lowest BCUT2D eigenvalue weighted by molar-refractivity contribution is -0.115. The monoisotopic (exact) mass is 318 g/mol. The Hall–Kier alpha value is -1.61. The van der Waals surface area contributed by atoms with Crippen molar-refractivity contribution in [2.75, 3.05) is 6.16 Å². The lowest BCUT2D eigenvalue weighted by Crippen LogP contribution is -2.19. The van der Waals surface area contributed by atoms with Gasteiger partial charge in [0, 0.05) is 0 Å². The normalized spacial score (nSPS) is 25.9. The van der Waals surface area contributed by atoms with Crippen LogP contribution in [0.5, 0.6) is 0 Å². The number of hydrogen-bond donors (Lipinski definition) is 3. The molecular weight excluding hydrogens is 303 g/mol. The number of carbonyl (C=O) groups is 2. The van der Waals surface area contributed by atoms with Crippen LogP contribution in [0.2, 0.25) is 0 Å². The minimum Gasteiger partial charge on any atom is -0.363 e. The van der Waals surface area contributed by atoms with Gasteiger partial charge < -0.3 is 25.1 Å². The maximum absolute atomic E-state index is 11.1. The molecule has 10 nitrogen and oxygen atoms in total. The predicted molar refractivity (Wildman–Crippen MR) is 68.1 cm³/mol. The van der Waals surface area contributed by atoms with Crippen LogP contribution < -0.4 is 5.73 Å². The fraction of sp³-hybridized carbons (Fsp3) is 0.600. The number of hydrogen-bond acceptors (Lipinski definition) is 6. The van der Waals surface area contributed by atoms with Crippen molar-refractivity contribution in [3.05, 3.63) is 12.2 Å². The van der Waals surface area contributed by atoms with Gasteiger partial charge >= 0.3 is 7.60 Å². The molecule has 1 amide bonds. The van der Waals surface area contributed by atoms with Crippen molar-refractivity contribution in [3.8, 4) is 0 Å². The van der Waals surface area contributed by atoms with Crippen LogP contribution in [-0.2, 0) is 14.1 Å². The minimum atomic E-state index is -4.11. The van der Waals surface area contributed by atoms with Gasteiger partial charge in [0.1, 0.15) is 12.6 Å². The molecule has 3 atom stereocenters. The number of aldehydes is 1. The topological polar surface area (TPSA) is 158 Å². The molecule has 1 unspecified atom stereocenters. The molecule has 4 N–H and O–H groups in total. The average molecular weight is 318 g/mol. The number of nitrogens with zero attached hydrogens (tertiary/aromatic N) is 3. The smallest absolute Gasteiger partial charge is 0.325 e. The van der Waals surface area contributed by atoms with Crippen LogP contribution in [0.4, 0.5) is 0 Å². The third kappa shape index (κ3) is 3.94. The van der Waals surface area contributed by atoms with E-state index in [1.54, 1.807) is 0 Å². The number of primary amides is 1. The van der Waals surface area contributed by atoms with Crippen LogP contribution in [0, 0.1) is 5.92 Å². The molecule has 0 aromatic carbocycles. The molecule has 0 radical (unpaired) electrons. The van der Waals surface area contributed by atoms with E-state index in [9.17, 15) is 14.2 Å². The summed E-state index contributed by atoms with van der Waals surface area (Å²) < 4.78 is 17.7. The molecule has 0 aliphatic carbocycles. The Morgan fingerprint density at radius 2 is 2.33 bits per heavy atom. The standard InChI is InChI=1S/C10H15N4O6P/c11-8(16)9-12-5-14(13-9)10-6(4-15)3-7(20-10)1-2-21(17,18)19/h4-7,10H,1-3H2,(H2,11,16)(H2,17,18,19)/t6?,7-,10-/m1/s1. The van der Waals surface area contributed by atoms with Gasteiger partial charge in [-0.1, -0.05) is 0 Å². The van der Waals surface area contributed by atoms with E-state index in [0.717, 1.165) is 0 Å². The highest BCUT2D eigenvalue weighted by Crippen LogP contribution is 2.40. The highest BCUT2D eigenvalue weighted by Gasteiger charge is 2.37. The largest absolute Gasteiger partial charge is 0.363 e. The summed E-state index contributed by atoms with van der Waals surface area (Å²) in [6, 6.07) is 0. The first-order valence-corrected chi connectivity index (χ1v) is 7.96. The fourth-order valence-electron chi connectivity index (χ4n) is 2.16. The molecule has 1 fully saturated rings. The highest BCUT2D eigenvalue weighted by molar-refractivity contribution is 7.51. The number of rotatable bonds is 6. The molecule has 1 saturated heterocycles. The Kier molecular flexibility index (Phi) is 4.52. The summed E-state index contributed by atoms with van der Waals surface area (Å²) in [6.45, 7) is 0. The van der Waals surface area contributed by atoms with Gasteiger partial charge in [0.25, 0.3) is 5.91 Å².